The molecule has 2 N–H and O–H groups in total. The fourth-order valence-corrected chi connectivity index (χ4v) is 3.89. The highest BCUT2D eigenvalue weighted by Gasteiger charge is 2.38. The maximum Gasteiger partial charge on any atom is 0.191 e. The van der Waals surface area contributed by atoms with E-state index >= 15 is 0 Å². The Morgan fingerprint density at radius 2 is 2.04 bits per heavy atom. The van der Waals surface area contributed by atoms with Gasteiger partial charge in [0.25, 0.3) is 0 Å². The lowest BCUT2D eigenvalue weighted by atomic mass is 9.64. The molecule has 0 bridgehead atoms. The van der Waals surface area contributed by atoms with Crippen molar-refractivity contribution in [3.63, 3.8) is 0 Å². The third-order valence-electron chi connectivity index (χ3n) is 4.68. The molecular weight excluding hydrogens is 316 g/mol. The lowest BCUT2D eigenvalue weighted by molar-refractivity contribution is 0.244. The number of thiazole rings is 1. The van der Waals surface area contributed by atoms with Crippen LogP contribution in [-0.2, 0) is 12.0 Å². The summed E-state index contributed by atoms with van der Waals surface area (Å²) in [5.74, 6) is 0.882. The van der Waals surface area contributed by atoms with Gasteiger partial charge in [0.05, 0.1) is 6.54 Å². The molecule has 0 spiro atoms. The summed E-state index contributed by atoms with van der Waals surface area (Å²) < 4.78 is 0. The summed E-state index contributed by atoms with van der Waals surface area (Å²) in [6.07, 6.45) is 5.71. The van der Waals surface area contributed by atoms with E-state index in [0.717, 1.165) is 24.1 Å². The van der Waals surface area contributed by atoms with E-state index in [1.54, 1.807) is 11.3 Å². The molecular formula is C19H26N4S. The van der Waals surface area contributed by atoms with Crippen molar-refractivity contribution in [2.24, 2.45) is 4.99 Å². The van der Waals surface area contributed by atoms with Gasteiger partial charge in [0.15, 0.2) is 5.96 Å². The predicted molar refractivity (Wildman–Crippen MR) is 102 cm³/mol. The first-order valence-corrected chi connectivity index (χ1v) is 9.52. The second-order valence-electron chi connectivity index (χ2n) is 6.41. The number of aryl methyl sites for hydroxylation is 1. The van der Waals surface area contributed by atoms with Crippen molar-refractivity contribution in [3.05, 3.63) is 52.0 Å². The Labute approximate surface area is 148 Å². The molecule has 1 aromatic heterocycles. The minimum atomic E-state index is 0.259. The Bertz CT molecular complexity index is 674. The second-order valence-corrected chi connectivity index (χ2v) is 7.73. The predicted octanol–water partition coefficient (Wildman–Crippen LogP) is 3.63. The Hall–Kier alpha value is -1.88. The lowest BCUT2D eigenvalue weighted by Gasteiger charge is -2.43. The van der Waals surface area contributed by atoms with E-state index in [1.807, 2.05) is 6.20 Å². The van der Waals surface area contributed by atoms with Gasteiger partial charge in [-0.1, -0.05) is 36.8 Å². The zero-order chi connectivity index (χ0) is 16.8. The number of aromatic nitrogens is 1. The summed E-state index contributed by atoms with van der Waals surface area (Å²) >= 11 is 1.71. The van der Waals surface area contributed by atoms with E-state index < -0.39 is 0 Å². The number of nitrogens with one attached hydrogen (secondary N) is 2. The Morgan fingerprint density at radius 3 is 2.62 bits per heavy atom. The van der Waals surface area contributed by atoms with Crippen LogP contribution in [0, 0.1) is 6.92 Å². The fraction of sp³-hybridized carbons (Fsp3) is 0.474. The van der Waals surface area contributed by atoms with Gasteiger partial charge in [-0.05, 0) is 32.3 Å². The average Bonchev–Trinajstić information content (AvgIpc) is 2.98. The molecule has 2 aromatic rings. The topological polar surface area (TPSA) is 49.3 Å². The van der Waals surface area contributed by atoms with Gasteiger partial charge in [-0.15, -0.1) is 11.3 Å². The molecule has 5 heteroatoms. The fourth-order valence-electron chi connectivity index (χ4n) is 3.18. The molecule has 4 nitrogen and oxygen atoms in total. The Balaban J connectivity index is 1.65. The molecule has 1 aliphatic rings. The molecule has 0 saturated heterocycles. The third kappa shape index (κ3) is 3.96. The summed E-state index contributed by atoms with van der Waals surface area (Å²) in [7, 11) is 0. The van der Waals surface area contributed by atoms with E-state index in [4.69, 9.17) is 4.99 Å². The molecule has 128 valence electrons. The second kappa shape index (κ2) is 7.79. The SMILES string of the molecule is CCNC(=NCc1ncc(C)s1)NCC1(c2ccccc2)CCC1. The van der Waals surface area contributed by atoms with Crippen molar-refractivity contribution >= 4 is 17.3 Å². The maximum absolute atomic E-state index is 4.69. The van der Waals surface area contributed by atoms with E-state index in [2.05, 4.69) is 59.8 Å². The highest BCUT2D eigenvalue weighted by molar-refractivity contribution is 7.11. The molecule has 3 rings (SSSR count). The third-order valence-corrected chi connectivity index (χ3v) is 5.57. The first kappa shape index (κ1) is 17.0. The van der Waals surface area contributed by atoms with Crippen molar-refractivity contribution in [3.8, 4) is 0 Å². The van der Waals surface area contributed by atoms with Crippen LogP contribution in [-0.4, -0.2) is 24.0 Å². The molecule has 0 unspecified atom stereocenters. The van der Waals surface area contributed by atoms with Gasteiger partial charge in [0.1, 0.15) is 5.01 Å². The smallest absolute Gasteiger partial charge is 0.191 e. The van der Waals surface area contributed by atoms with Gasteiger partial charge in [-0.2, -0.15) is 0 Å². The normalized spacial score (nSPS) is 16.5. The van der Waals surface area contributed by atoms with Crippen molar-refractivity contribution in [1.82, 2.24) is 15.6 Å². The van der Waals surface area contributed by atoms with Gasteiger partial charge in [-0.3, -0.25) is 0 Å². The van der Waals surface area contributed by atoms with Crippen LogP contribution in [0.15, 0.2) is 41.5 Å². The highest BCUT2D eigenvalue weighted by atomic mass is 32.1. The molecule has 0 amide bonds. The van der Waals surface area contributed by atoms with Crippen LogP contribution in [0.4, 0.5) is 0 Å². The maximum atomic E-state index is 4.69. The summed E-state index contributed by atoms with van der Waals surface area (Å²) in [6, 6.07) is 10.9. The molecule has 1 fully saturated rings. The Morgan fingerprint density at radius 1 is 1.25 bits per heavy atom. The summed E-state index contributed by atoms with van der Waals surface area (Å²) in [6.45, 7) is 6.60. The number of benzene rings is 1. The summed E-state index contributed by atoms with van der Waals surface area (Å²) in [5.41, 5.74) is 1.70. The average molecular weight is 343 g/mol. The van der Waals surface area contributed by atoms with Crippen LogP contribution in [0.5, 0.6) is 0 Å². The zero-order valence-corrected chi connectivity index (χ0v) is 15.3. The Kier molecular flexibility index (Phi) is 5.51. The first-order chi connectivity index (χ1) is 11.7. The van der Waals surface area contributed by atoms with E-state index in [1.165, 1.54) is 29.7 Å². The molecule has 1 aliphatic carbocycles. The number of aliphatic imine (C=N–C) groups is 1. The minimum Gasteiger partial charge on any atom is -0.357 e. The van der Waals surface area contributed by atoms with Crippen molar-refractivity contribution in [2.75, 3.05) is 13.1 Å². The van der Waals surface area contributed by atoms with E-state index in [-0.39, 0.29) is 5.41 Å². The van der Waals surface area contributed by atoms with Crippen LogP contribution in [0.1, 0.15) is 41.6 Å². The van der Waals surface area contributed by atoms with Gasteiger partial charge >= 0.3 is 0 Å². The van der Waals surface area contributed by atoms with Crippen LogP contribution < -0.4 is 10.6 Å². The molecule has 1 saturated carbocycles. The standard InChI is InChI=1S/C19H26N4S/c1-3-20-18(22-13-17-21-12-15(2)24-17)23-14-19(10-7-11-19)16-8-5-4-6-9-16/h4-6,8-9,12H,3,7,10-11,13-14H2,1-2H3,(H2,20,22,23). The summed E-state index contributed by atoms with van der Waals surface area (Å²) in [5, 5.41) is 7.96. The van der Waals surface area contributed by atoms with Crippen LogP contribution in [0.3, 0.4) is 0 Å². The molecule has 24 heavy (non-hydrogen) atoms. The van der Waals surface area contributed by atoms with Gasteiger partial charge in [0, 0.05) is 29.6 Å². The van der Waals surface area contributed by atoms with Gasteiger partial charge < -0.3 is 10.6 Å². The quantitative estimate of drug-likeness (QED) is 0.622. The van der Waals surface area contributed by atoms with Crippen molar-refractivity contribution in [2.45, 2.75) is 45.1 Å². The largest absolute Gasteiger partial charge is 0.357 e. The van der Waals surface area contributed by atoms with Gasteiger partial charge in [-0.25, -0.2) is 9.98 Å². The van der Waals surface area contributed by atoms with Gasteiger partial charge in [0.2, 0.25) is 0 Å². The van der Waals surface area contributed by atoms with Crippen LogP contribution >= 0.6 is 11.3 Å². The first-order valence-electron chi connectivity index (χ1n) is 8.71. The van der Waals surface area contributed by atoms with E-state index in [9.17, 15) is 0 Å². The molecule has 0 atom stereocenters. The van der Waals surface area contributed by atoms with Crippen LogP contribution in [0.25, 0.3) is 0 Å². The van der Waals surface area contributed by atoms with E-state index in [0.29, 0.717) is 6.54 Å². The van der Waals surface area contributed by atoms with Crippen molar-refractivity contribution in [1.29, 1.82) is 0 Å². The monoisotopic (exact) mass is 342 g/mol. The summed E-state index contributed by atoms with van der Waals surface area (Å²) in [4.78, 5) is 10.3. The zero-order valence-electron chi connectivity index (χ0n) is 14.5. The van der Waals surface area contributed by atoms with Crippen LogP contribution in [0.2, 0.25) is 0 Å². The number of nitrogens with zero attached hydrogens (tertiary/aromatic N) is 2. The van der Waals surface area contributed by atoms with Crippen molar-refractivity contribution < 1.29 is 0 Å². The number of hydrogen-bond donors (Lipinski definition) is 2. The number of guanidine groups is 1. The molecule has 1 aromatic carbocycles. The molecule has 0 aliphatic heterocycles. The minimum absolute atomic E-state index is 0.259. The lowest BCUT2D eigenvalue weighted by Crippen LogP contribution is -2.48. The highest BCUT2D eigenvalue weighted by Crippen LogP contribution is 2.43. The molecule has 0 radical (unpaired) electrons. The molecule has 1 heterocycles. The number of rotatable bonds is 6. The number of hydrogen-bond acceptors (Lipinski definition) is 3.